The van der Waals surface area contributed by atoms with Crippen molar-refractivity contribution in [3.05, 3.63) is 78.1 Å². The highest BCUT2D eigenvalue weighted by Crippen LogP contribution is 2.34. The minimum atomic E-state index is -0.274. The summed E-state index contributed by atoms with van der Waals surface area (Å²) in [5, 5.41) is 8.05. The Morgan fingerprint density at radius 3 is 2.75 bits per heavy atom. The van der Waals surface area contributed by atoms with Gasteiger partial charge in [-0.15, -0.1) is 0 Å². The molecule has 5 rings (SSSR count). The number of fused-ring (bicyclic) bond motifs is 1. The van der Waals surface area contributed by atoms with E-state index in [1.165, 1.54) is 0 Å². The lowest BCUT2D eigenvalue weighted by atomic mass is 10.0. The molecular formula is C22H22N4O2. The third-order valence-corrected chi connectivity index (χ3v) is 5.39. The second-order valence-electron chi connectivity index (χ2n) is 7.24. The Morgan fingerprint density at radius 1 is 1.11 bits per heavy atom. The van der Waals surface area contributed by atoms with Crippen LogP contribution in [0.4, 0.5) is 5.69 Å². The fourth-order valence-corrected chi connectivity index (χ4v) is 3.95. The number of rotatable bonds is 4. The number of aromatic nitrogens is 2. The lowest BCUT2D eigenvalue weighted by Crippen LogP contribution is -2.46. The summed E-state index contributed by atoms with van der Waals surface area (Å²) in [6.07, 6.45) is 5.66. The van der Waals surface area contributed by atoms with E-state index in [4.69, 9.17) is 4.74 Å². The Kier molecular flexibility index (Phi) is 4.33. The highest BCUT2D eigenvalue weighted by molar-refractivity contribution is 6.01. The van der Waals surface area contributed by atoms with Crippen LogP contribution in [0.3, 0.4) is 0 Å². The number of para-hydroxylation sites is 2. The van der Waals surface area contributed by atoms with Crippen molar-refractivity contribution in [1.82, 2.24) is 14.7 Å². The van der Waals surface area contributed by atoms with Crippen LogP contribution in [0.25, 0.3) is 5.69 Å². The van der Waals surface area contributed by atoms with E-state index in [-0.39, 0.29) is 18.2 Å². The molecule has 1 amide bonds. The smallest absolute Gasteiger partial charge is 0.257 e. The fourth-order valence-electron chi connectivity index (χ4n) is 3.95. The van der Waals surface area contributed by atoms with Crippen LogP contribution < -0.4 is 5.32 Å². The maximum absolute atomic E-state index is 13.3. The topological polar surface area (TPSA) is 59.4 Å². The van der Waals surface area contributed by atoms with Crippen molar-refractivity contribution in [2.75, 3.05) is 18.5 Å². The molecule has 0 aliphatic carbocycles. The number of benzene rings is 2. The molecule has 1 saturated heterocycles. The first-order chi connectivity index (χ1) is 13.8. The van der Waals surface area contributed by atoms with Gasteiger partial charge >= 0.3 is 0 Å². The normalized spacial score (nSPS) is 21.4. The zero-order valence-electron chi connectivity index (χ0n) is 15.5. The molecule has 3 aromatic rings. The van der Waals surface area contributed by atoms with Crippen LogP contribution in [0.15, 0.2) is 67.0 Å². The molecule has 6 heteroatoms. The Morgan fingerprint density at radius 2 is 1.93 bits per heavy atom. The molecular weight excluding hydrogens is 352 g/mol. The summed E-state index contributed by atoms with van der Waals surface area (Å²) < 4.78 is 7.65. The summed E-state index contributed by atoms with van der Waals surface area (Å²) in [6.45, 7) is 1.34. The summed E-state index contributed by atoms with van der Waals surface area (Å²) in [5.74, 6) is 0.0299. The number of hydrogen-bond donors (Lipinski definition) is 1. The molecule has 6 nitrogen and oxygen atoms in total. The number of nitrogens with zero attached hydrogens (tertiary/aromatic N) is 3. The van der Waals surface area contributed by atoms with Crippen LogP contribution in [-0.2, 0) is 4.74 Å². The van der Waals surface area contributed by atoms with Gasteiger partial charge in [0.05, 0.1) is 23.6 Å². The van der Waals surface area contributed by atoms with Gasteiger partial charge in [0.1, 0.15) is 6.17 Å². The maximum Gasteiger partial charge on any atom is 0.257 e. The van der Waals surface area contributed by atoms with Crippen LogP contribution in [0.5, 0.6) is 0 Å². The minimum absolute atomic E-state index is 0.0299. The van der Waals surface area contributed by atoms with Crippen LogP contribution >= 0.6 is 0 Å². The van der Waals surface area contributed by atoms with E-state index in [0.29, 0.717) is 12.1 Å². The summed E-state index contributed by atoms with van der Waals surface area (Å²) in [6, 6.07) is 17.6. The van der Waals surface area contributed by atoms with Gasteiger partial charge in [-0.2, -0.15) is 5.10 Å². The summed E-state index contributed by atoms with van der Waals surface area (Å²) >= 11 is 0. The van der Waals surface area contributed by atoms with Crippen molar-refractivity contribution in [3.8, 4) is 5.69 Å². The van der Waals surface area contributed by atoms with Crippen molar-refractivity contribution >= 4 is 11.6 Å². The third-order valence-electron chi connectivity index (χ3n) is 5.39. The second kappa shape index (κ2) is 7.13. The monoisotopic (exact) mass is 374 g/mol. The molecule has 1 fully saturated rings. The zero-order chi connectivity index (χ0) is 18.9. The van der Waals surface area contributed by atoms with E-state index in [0.717, 1.165) is 36.4 Å². The quantitative estimate of drug-likeness (QED) is 0.758. The van der Waals surface area contributed by atoms with Gasteiger partial charge in [-0.25, -0.2) is 4.68 Å². The first kappa shape index (κ1) is 17.0. The highest BCUT2D eigenvalue weighted by atomic mass is 16.5. The lowest BCUT2D eigenvalue weighted by molar-refractivity contribution is 0.0427. The summed E-state index contributed by atoms with van der Waals surface area (Å²) in [5.41, 5.74) is 3.49. The zero-order valence-corrected chi connectivity index (χ0v) is 15.5. The number of nitrogens with one attached hydrogen (secondary N) is 1. The SMILES string of the molecule is O=C1c2ccccc2N[C@@H](c2cnn(-c3ccccc3)c2)N1C[C@H]1CCCO1. The molecule has 0 spiro atoms. The molecule has 0 radical (unpaired) electrons. The number of carbonyl (C=O) groups excluding carboxylic acids is 1. The highest BCUT2D eigenvalue weighted by Gasteiger charge is 2.35. The Labute approximate surface area is 163 Å². The molecule has 2 atom stereocenters. The molecule has 142 valence electrons. The van der Waals surface area contributed by atoms with Gasteiger partial charge in [-0.05, 0) is 37.1 Å². The van der Waals surface area contributed by atoms with Gasteiger partial charge < -0.3 is 15.0 Å². The van der Waals surface area contributed by atoms with Gasteiger partial charge in [-0.3, -0.25) is 4.79 Å². The third kappa shape index (κ3) is 3.05. The molecule has 0 bridgehead atoms. The molecule has 2 aliphatic heterocycles. The van der Waals surface area contributed by atoms with Crippen molar-refractivity contribution in [1.29, 1.82) is 0 Å². The summed E-state index contributed by atoms with van der Waals surface area (Å²) in [7, 11) is 0. The van der Waals surface area contributed by atoms with Crippen LogP contribution in [0, 0.1) is 0 Å². The average Bonchev–Trinajstić information content (AvgIpc) is 3.43. The molecule has 1 N–H and O–H groups in total. The Bertz CT molecular complexity index is 979. The average molecular weight is 374 g/mol. The predicted molar refractivity (Wildman–Crippen MR) is 106 cm³/mol. The molecule has 0 saturated carbocycles. The number of carbonyl (C=O) groups is 1. The lowest BCUT2D eigenvalue weighted by Gasteiger charge is -2.38. The standard InChI is InChI=1S/C22H22N4O2/c27-22-19-10-4-5-11-20(19)24-21(25(22)15-18-9-6-12-28-18)16-13-23-26(14-16)17-7-2-1-3-8-17/h1-5,7-8,10-11,13-14,18,21,24H,6,9,12,15H2/t18-,21-/m1/s1. The molecule has 3 heterocycles. The minimum Gasteiger partial charge on any atom is -0.376 e. The number of hydrogen-bond acceptors (Lipinski definition) is 4. The molecule has 2 aliphatic rings. The number of ether oxygens (including phenoxy) is 1. The van der Waals surface area contributed by atoms with E-state index in [9.17, 15) is 4.79 Å². The first-order valence-corrected chi connectivity index (χ1v) is 9.68. The van der Waals surface area contributed by atoms with Crippen molar-refractivity contribution in [2.24, 2.45) is 0 Å². The number of amides is 1. The van der Waals surface area contributed by atoms with Crippen molar-refractivity contribution in [3.63, 3.8) is 0 Å². The van der Waals surface area contributed by atoms with E-state index in [1.807, 2.05) is 76.6 Å². The molecule has 2 aromatic carbocycles. The van der Waals surface area contributed by atoms with Gasteiger partial charge in [0.2, 0.25) is 0 Å². The van der Waals surface area contributed by atoms with E-state index >= 15 is 0 Å². The van der Waals surface area contributed by atoms with E-state index in [2.05, 4.69) is 10.4 Å². The van der Waals surface area contributed by atoms with Gasteiger partial charge in [0.25, 0.3) is 5.91 Å². The van der Waals surface area contributed by atoms with Crippen LogP contribution in [0.2, 0.25) is 0 Å². The van der Waals surface area contributed by atoms with Gasteiger partial charge in [-0.1, -0.05) is 30.3 Å². The largest absolute Gasteiger partial charge is 0.376 e. The molecule has 1 aromatic heterocycles. The summed E-state index contributed by atoms with van der Waals surface area (Å²) in [4.78, 5) is 15.1. The predicted octanol–water partition coefficient (Wildman–Crippen LogP) is 3.62. The maximum atomic E-state index is 13.3. The van der Waals surface area contributed by atoms with Crippen molar-refractivity contribution in [2.45, 2.75) is 25.1 Å². The fraction of sp³-hybridized carbons (Fsp3) is 0.273. The number of anilines is 1. The second-order valence-corrected chi connectivity index (χ2v) is 7.24. The van der Waals surface area contributed by atoms with Crippen molar-refractivity contribution < 1.29 is 9.53 Å². The molecule has 28 heavy (non-hydrogen) atoms. The van der Waals surface area contributed by atoms with Gasteiger partial charge in [0.15, 0.2) is 0 Å². The Balaban J connectivity index is 1.50. The van der Waals surface area contributed by atoms with Crippen LogP contribution in [-0.4, -0.2) is 39.8 Å². The molecule has 0 unspecified atom stereocenters. The van der Waals surface area contributed by atoms with E-state index < -0.39 is 0 Å². The first-order valence-electron chi connectivity index (χ1n) is 9.68. The van der Waals surface area contributed by atoms with E-state index in [1.54, 1.807) is 0 Å². The van der Waals surface area contributed by atoms with Gasteiger partial charge in [0, 0.05) is 30.6 Å². The van der Waals surface area contributed by atoms with Crippen LogP contribution in [0.1, 0.15) is 34.9 Å². The Hall–Kier alpha value is -3.12.